The molecule has 0 unspecified atom stereocenters. The fourth-order valence-corrected chi connectivity index (χ4v) is 3.28. The first-order valence-electron chi connectivity index (χ1n) is 8.59. The maximum atomic E-state index is 11.7. The van der Waals surface area contributed by atoms with Crippen LogP contribution in [0.5, 0.6) is 0 Å². The van der Waals surface area contributed by atoms with Gasteiger partial charge in [-0.2, -0.15) is 5.26 Å². The number of benzene rings is 2. The standard InChI is InChI=1S/C22H12N4O2/c23-11-13-2-1-3-15(8-13)21-17(9-16-5-7-20(27)25-22(16)26-21)14-4-6-18-19(10-14)28-12-24-18/h1-10,12H,(H,25,26,27). The number of rotatable bonds is 2. The molecular weight excluding hydrogens is 352 g/mol. The number of pyridine rings is 2. The third-order valence-electron chi connectivity index (χ3n) is 4.62. The fraction of sp³-hybridized carbons (Fsp3) is 0. The van der Waals surface area contributed by atoms with Crippen LogP contribution in [0.25, 0.3) is 44.5 Å². The van der Waals surface area contributed by atoms with Crippen LogP contribution in [0.2, 0.25) is 0 Å². The summed E-state index contributed by atoms with van der Waals surface area (Å²) in [6.45, 7) is 0. The molecule has 0 saturated carbocycles. The van der Waals surface area contributed by atoms with E-state index in [0.717, 1.165) is 27.6 Å². The first-order chi connectivity index (χ1) is 13.7. The van der Waals surface area contributed by atoms with Gasteiger partial charge in [-0.15, -0.1) is 0 Å². The Bertz CT molecular complexity index is 1460. The maximum absolute atomic E-state index is 11.7. The zero-order valence-corrected chi connectivity index (χ0v) is 14.5. The molecule has 3 aromatic heterocycles. The predicted molar refractivity (Wildman–Crippen MR) is 106 cm³/mol. The van der Waals surface area contributed by atoms with E-state index in [0.29, 0.717) is 22.5 Å². The average molecular weight is 364 g/mol. The number of nitriles is 1. The van der Waals surface area contributed by atoms with Crippen molar-refractivity contribution in [3.8, 4) is 28.5 Å². The zero-order chi connectivity index (χ0) is 19.1. The summed E-state index contributed by atoms with van der Waals surface area (Å²) >= 11 is 0. The largest absolute Gasteiger partial charge is 0.443 e. The number of nitrogens with zero attached hydrogens (tertiary/aromatic N) is 3. The Morgan fingerprint density at radius 1 is 1.00 bits per heavy atom. The van der Waals surface area contributed by atoms with Gasteiger partial charge in [-0.1, -0.05) is 18.2 Å². The minimum atomic E-state index is -0.215. The Hall–Kier alpha value is -4.24. The van der Waals surface area contributed by atoms with E-state index in [-0.39, 0.29) is 5.56 Å². The van der Waals surface area contributed by atoms with Gasteiger partial charge in [0.05, 0.1) is 17.3 Å². The lowest BCUT2D eigenvalue weighted by molar-refractivity contribution is 0.602. The Morgan fingerprint density at radius 3 is 2.82 bits per heavy atom. The van der Waals surface area contributed by atoms with Gasteiger partial charge in [-0.3, -0.25) is 4.79 Å². The van der Waals surface area contributed by atoms with Crippen LogP contribution < -0.4 is 5.56 Å². The van der Waals surface area contributed by atoms with Crippen LogP contribution in [0.15, 0.2) is 76.3 Å². The van der Waals surface area contributed by atoms with Gasteiger partial charge < -0.3 is 9.40 Å². The zero-order valence-electron chi connectivity index (χ0n) is 14.5. The van der Waals surface area contributed by atoms with Crippen molar-refractivity contribution < 1.29 is 4.42 Å². The van der Waals surface area contributed by atoms with Crippen LogP contribution in [-0.4, -0.2) is 15.0 Å². The number of aromatic nitrogens is 3. The van der Waals surface area contributed by atoms with Crippen LogP contribution in [0.4, 0.5) is 0 Å². The highest BCUT2D eigenvalue weighted by atomic mass is 16.3. The van der Waals surface area contributed by atoms with Crippen LogP contribution >= 0.6 is 0 Å². The van der Waals surface area contributed by atoms with Gasteiger partial charge in [0.15, 0.2) is 12.0 Å². The lowest BCUT2D eigenvalue weighted by atomic mass is 9.97. The van der Waals surface area contributed by atoms with Crippen molar-refractivity contribution in [2.24, 2.45) is 0 Å². The molecule has 1 N–H and O–H groups in total. The van der Waals surface area contributed by atoms with E-state index in [1.54, 1.807) is 18.2 Å². The SMILES string of the molecule is N#Cc1cccc(-c2nc3[nH]c(=O)ccc3cc2-c2ccc3ncoc3c2)c1. The molecular formula is C22H12N4O2. The quantitative estimate of drug-likeness (QED) is 0.505. The first-order valence-corrected chi connectivity index (χ1v) is 8.59. The van der Waals surface area contributed by atoms with Gasteiger partial charge >= 0.3 is 0 Å². The van der Waals surface area contributed by atoms with Crippen LogP contribution in [0.1, 0.15) is 5.56 Å². The molecule has 3 heterocycles. The molecule has 0 aliphatic heterocycles. The van der Waals surface area contributed by atoms with Crippen molar-refractivity contribution in [3.63, 3.8) is 0 Å². The molecule has 28 heavy (non-hydrogen) atoms. The molecule has 0 radical (unpaired) electrons. The van der Waals surface area contributed by atoms with Crippen molar-refractivity contribution in [1.82, 2.24) is 15.0 Å². The van der Waals surface area contributed by atoms with Crippen molar-refractivity contribution in [1.29, 1.82) is 5.26 Å². The second kappa shape index (κ2) is 6.18. The second-order valence-electron chi connectivity index (χ2n) is 6.37. The van der Waals surface area contributed by atoms with E-state index in [1.807, 2.05) is 36.4 Å². The van der Waals surface area contributed by atoms with E-state index >= 15 is 0 Å². The van der Waals surface area contributed by atoms with Crippen LogP contribution in [0.3, 0.4) is 0 Å². The summed E-state index contributed by atoms with van der Waals surface area (Å²) in [5.74, 6) is 0. The average Bonchev–Trinajstić information content (AvgIpc) is 3.20. The summed E-state index contributed by atoms with van der Waals surface area (Å²) in [6, 6.07) is 20.3. The van der Waals surface area contributed by atoms with Gasteiger partial charge in [-0.25, -0.2) is 9.97 Å². The summed E-state index contributed by atoms with van der Waals surface area (Å²) in [4.78, 5) is 23.4. The molecule has 0 spiro atoms. The highest BCUT2D eigenvalue weighted by Crippen LogP contribution is 2.34. The van der Waals surface area contributed by atoms with E-state index in [4.69, 9.17) is 9.40 Å². The number of H-pyrrole nitrogens is 1. The van der Waals surface area contributed by atoms with Gasteiger partial charge in [0, 0.05) is 22.6 Å². The molecule has 2 aromatic carbocycles. The molecule has 6 nitrogen and oxygen atoms in total. The molecule has 5 rings (SSSR count). The Balaban J connectivity index is 1.83. The Kier molecular flexibility index (Phi) is 3.53. The van der Waals surface area contributed by atoms with Gasteiger partial charge in [0.25, 0.3) is 0 Å². The van der Waals surface area contributed by atoms with Crippen molar-refractivity contribution >= 4 is 22.1 Å². The highest BCUT2D eigenvalue weighted by molar-refractivity contribution is 5.92. The third kappa shape index (κ3) is 2.63. The number of aromatic amines is 1. The molecule has 0 bridgehead atoms. The minimum absolute atomic E-state index is 0.215. The molecule has 0 amide bonds. The van der Waals surface area contributed by atoms with Crippen LogP contribution in [-0.2, 0) is 0 Å². The number of hydrogen-bond donors (Lipinski definition) is 1. The first kappa shape index (κ1) is 16.0. The normalized spacial score (nSPS) is 11.0. The molecule has 0 aliphatic rings. The summed E-state index contributed by atoms with van der Waals surface area (Å²) in [6.07, 6.45) is 1.41. The highest BCUT2D eigenvalue weighted by Gasteiger charge is 2.14. The second-order valence-corrected chi connectivity index (χ2v) is 6.37. The predicted octanol–water partition coefficient (Wildman–Crippen LogP) is 4.27. The van der Waals surface area contributed by atoms with Gasteiger partial charge in [-0.05, 0) is 42.0 Å². The fourth-order valence-electron chi connectivity index (χ4n) is 3.28. The molecule has 5 aromatic rings. The smallest absolute Gasteiger partial charge is 0.249 e. The van der Waals surface area contributed by atoms with Crippen molar-refractivity contribution in [2.75, 3.05) is 0 Å². The Morgan fingerprint density at radius 2 is 1.93 bits per heavy atom. The van der Waals surface area contributed by atoms with E-state index in [1.165, 1.54) is 12.5 Å². The molecule has 6 heteroatoms. The topological polar surface area (TPSA) is 95.6 Å². The molecule has 0 saturated heterocycles. The number of oxazole rings is 1. The molecule has 0 fully saturated rings. The number of nitrogens with one attached hydrogen (secondary N) is 1. The van der Waals surface area contributed by atoms with Crippen molar-refractivity contribution in [2.45, 2.75) is 0 Å². The third-order valence-corrected chi connectivity index (χ3v) is 4.62. The monoisotopic (exact) mass is 364 g/mol. The van der Waals surface area contributed by atoms with Crippen LogP contribution in [0, 0.1) is 11.3 Å². The van der Waals surface area contributed by atoms with Gasteiger partial charge in [0.2, 0.25) is 5.56 Å². The lowest BCUT2D eigenvalue weighted by Crippen LogP contribution is -2.04. The number of fused-ring (bicyclic) bond motifs is 2. The summed E-state index contributed by atoms with van der Waals surface area (Å²) in [5.41, 5.74) is 5.50. The molecule has 0 aliphatic carbocycles. The maximum Gasteiger partial charge on any atom is 0.249 e. The summed E-state index contributed by atoms with van der Waals surface area (Å²) < 4.78 is 5.44. The lowest BCUT2D eigenvalue weighted by Gasteiger charge is -2.11. The summed E-state index contributed by atoms with van der Waals surface area (Å²) in [7, 11) is 0. The minimum Gasteiger partial charge on any atom is -0.443 e. The van der Waals surface area contributed by atoms with E-state index in [2.05, 4.69) is 16.0 Å². The van der Waals surface area contributed by atoms with Crippen molar-refractivity contribution in [3.05, 3.63) is 83.0 Å². The van der Waals surface area contributed by atoms with Gasteiger partial charge in [0.1, 0.15) is 11.2 Å². The number of hydrogen-bond acceptors (Lipinski definition) is 5. The summed E-state index contributed by atoms with van der Waals surface area (Å²) in [5, 5.41) is 10.1. The molecule has 0 atom stereocenters. The van der Waals surface area contributed by atoms with E-state index < -0.39 is 0 Å². The molecule has 132 valence electrons. The Labute approximate surface area is 158 Å². The van der Waals surface area contributed by atoms with E-state index in [9.17, 15) is 10.1 Å².